The van der Waals surface area contributed by atoms with E-state index in [2.05, 4.69) is 5.32 Å². The van der Waals surface area contributed by atoms with Crippen molar-refractivity contribution in [2.75, 3.05) is 6.54 Å². The Bertz CT molecular complexity index is 731. The number of amidine groups is 1. The maximum Gasteiger partial charge on any atom is 0.471 e. The molecule has 11 heteroatoms. The molecule has 0 aromatic heterocycles. The Labute approximate surface area is 159 Å². The molecule has 2 amide bonds. The Morgan fingerprint density at radius 2 is 1.82 bits per heavy atom. The highest BCUT2D eigenvalue weighted by Gasteiger charge is 2.47. The third-order valence-electron chi connectivity index (χ3n) is 3.79. The highest BCUT2D eigenvalue weighted by Crippen LogP contribution is 2.25. The molecule has 0 spiro atoms. The number of nitrogens with two attached hydrogens (primary N) is 1. The van der Waals surface area contributed by atoms with E-state index in [0.717, 1.165) is 6.92 Å². The molecule has 1 heterocycles. The van der Waals surface area contributed by atoms with Gasteiger partial charge in [0.1, 0.15) is 11.9 Å². The summed E-state index contributed by atoms with van der Waals surface area (Å²) in [4.78, 5) is 33.0. The number of nitrogens with one attached hydrogen (secondary N) is 2. The van der Waals surface area contributed by atoms with E-state index in [4.69, 9.17) is 21.0 Å². The third-order valence-corrected chi connectivity index (χ3v) is 3.79. The van der Waals surface area contributed by atoms with Crippen LogP contribution in [0, 0.1) is 5.41 Å². The SMILES string of the molecule is CC(=O)O.N=C(N)c1ccc(CNC(=O)[C@@H]2CCCN2C(=O)C(F)(F)F)cc1. The molecule has 2 rings (SSSR count). The average molecular weight is 402 g/mol. The topological polar surface area (TPSA) is 137 Å². The Hall–Kier alpha value is -3.11. The number of hydrogen-bond acceptors (Lipinski definition) is 4. The molecule has 1 fully saturated rings. The van der Waals surface area contributed by atoms with Gasteiger partial charge in [0.15, 0.2) is 0 Å². The molecule has 0 saturated carbocycles. The summed E-state index contributed by atoms with van der Waals surface area (Å²) >= 11 is 0. The number of halogens is 3. The lowest BCUT2D eigenvalue weighted by Crippen LogP contribution is -2.50. The van der Waals surface area contributed by atoms with Crippen LogP contribution in [0.15, 0.2) is 24.3 Å². The molecule has 154 valence electrons. The highest BCUT2D eigenvalue weighted by molar-refractivity contribution is 5.95. The van der Waals surface area contributed by atoms with E-state index in [0.29, 0.717) is 22.4 Å². The second kappa shape index (κ2) is 9.72. The summed E-state index contributed by atoms with van der Waals surface area (Å²) in [6, 6.07) is 5.43. The fourth-order valence-electron chi connectivity index (χ4n) is 2.55. The van der Waals surface area contributed by atoms with Gasteiger partial charge in [-0.25, -0.2) is 0 Å². The molecule has 0 aliphatic carbocycles. The number of carbonyl (C=O) groups excluding carboxylic acids is 2. The van der Waals surface area contributed by atoms with Crippen LogP contribution in [0.3, 0.4) is 0 Å². The maximum absolute atomic E-state index is 12.5. The highest BCUT2D eigenvalue weighted by atomic mass is 19.4. The molecule has 1 aromatic carbocycles. The van der Waals surface area contributed by atoms with Crippen LogP contribution < -0.4 is 11.1 Å². The van der Waals surface area contributed by atoms with Crippen LogP contribution in [0.5, 0.6) is 0 Å². The van der Waals surface area contributed by atoms with Crippen LogP contribution in [0.1, 0.15) is 30.9 Å². The minimum Gasteiger partial charge on any atom is -0.481 e. The van der Waals surface area contributed by atoms with Crippen LogP contribution in [-0.2, 0) is 20.9 Å². The van der Waals surface area contributed by atoms with Crippen molar-refractivity contribution < 1.29 is 32.7 Å². The molecule has 28 heavy (non-hydrogen) atoms. The Balaban J connectivity index is 0.000000892. The average Bonchev–Trinajstić information content (AvgIpc) is 3.07. The normalized spacial score (nSPS) is 16.0. The van der Waals surface area contributed by atoms with E-state index in [-0.39, 0.29) is 25.3 Å². The number of carbonyl (C=O) groups is 3. The standard InChI is InChI=1S/C15H17F3N4O2.C2H4O2/c16-15(17,18)14(24)22-7-1-2-11(22)13(23)21-8-9-3-5-10(6-4-9)12(19)20;1-2(3)4/h3-6,11H,1-2,7-8H2,(H3,19,20)(H,21,23);1H3,(H,3,4)/t11-;/m0./s1. The van der Waals surface area contributed by atoms with Crippen LogP contribution in [0.4, 0.5) is 13.2 Å². The lowest BCUT2D eigenvalue weighted by atomic mass is 10.1. The largest absolute Gasteiger partial charge is 0.481 e. The molecular weight excluding hydrogens is 381 g/mol. The number of amides is 2. The van der Waals surface area contributed by atoms with Gasteiger partial charge in [-0.15, -0.1) is 0 Å². The molecule has 0 unspecified atom stereocenters. The molecule has 1 saturated heterocycles. The quantitative estimate of drug-likeness (QED) is 0.444. The summed E-state index contributed by atoms with van der Waals surface area (Å²) in [5.74, 6) is -3.51. The van der Waals surface area contributed by atoms with Crippen molar-refractivity contribution in [3.63, 3.8) is 0 Å². The number of likely N-dealkylation sites (tertiary alicyclic amines) is 1. The van der Waals surface area contributed by atoms with E-state index >= 15 is 0 Å². The van der Waals surface area contributed by atoms with E-state index < -0.39 is 30.0 Å². The van der Waals surface area contributed by atoms with Crippen LogP contribution in [0.25, 0.3) is 0 Å². The second-order valence-electron chi connectivity index (χ2n) is 6.00. The first kappa shape index (κ1) is 22.9. The first-order chi connectivity index (χ1) is 12.9. The molecule has 1 aliphatic heterocycles. The summed E-state index contributed by atoms with van der Waals surface area (Å²) in [5.41, 5.74) is 6.57. The summed E-state index contributed by atoms with van der Waals surface area (Å²) in [6.07, 6.45) is -4.42. The molecule has 1 aliphatic rings. The van der Waals surface area contributed by atoms with Gasteiger partial charge >= 0.3 is 12.1 Å². The predicted octanol–water partition coefficient (Wildman–Crippen LogP) is 1.23. The number of carboxylic acid groups (broad SMARTS) is 1. The first-order valence-electron chi connectivity index (χ1n) is 8.22. The van der Waals surface area contributed by atoms with E-state index in [1.54, 1.807) is 24.3 Å². The van der Waals surface area contributed by atoms with Crippen molar-refractivity contribution in [1.29, 1.82) is 5.41 Å². The molecular formula is C17H21F3N4O4. The van der Waals surface area contributed by atoms with Crippen LogP contribution in [-0.4, -0.2) is 52.4 Å². The number of hydrogen-bond donors (Lipinski definition) is 4. The van der Waals surface area contributed by atoms with Gasteiger partial charge in [0.05, 0.1) is 0 Å². The predicted molar refractivity (Wildman–Crippen MR) is 93.4 cm³/mol. The smallest absolute Gasteiger partial charge is 0.471 e. The van der Waals surface area contributed by atoms with Gasteiger partial charge in [-0.05, 0) is 18.4 Å². The first-order valence-corrected chi connectivity index (χ1v) is 8.22. The van der Waals surface area contributed by atoms with Crippen molar-refractivity contribution in [3.8, 4) is 0 Å². The lowest BCUT2D eigenvalue weighted by molar-refractivity contribution is -0.186. The second-order valence-corrected chi connectivity index (χ2v) is 6.00. The molecule has 8 nitrogen and oxygen atoms in total. The Morgan fingerprint density at radius 1 is 1.29 bits per heavy atom. The van der Waals surface area contributed by atoms with Crippen molar-refractivity contribution in [1.82, 2.24) is 10.2 Å². The monoisotopic (exact) mass is 402 g/mol. The summed E-state index contributed by atoms with van der Waals surface area (Å²) in [7, 11) is 0. The molecule has 1 aromatic rings. The van der Waals surface area contributed by atoms with Gasteiger partial charge in [-0.1, -0.05) is 24.3 Å². The van der Waals surface area contributed by atoms with Gasteiger partial charge in [0.2, 0.25) is 5.91 Å². The minimum atomic E-state index is -4.98. The summed E-state index contributed by atoms with van der Waals surface area (Å²) in [5, 5.41) is 17.2. The van der Waals surface area contributed by atoms with Gasteiger partial charge in [-0.3, -0.25) is 19.8 Å². The number of carboxylic acids is 1. The van der Waals surface area contributed by atoms with Crippen molar-refractivity contribution in [2.45, 2.75) is 38.5 Å². The van der Waals surface area contributed by atoms with Crippen molar-refractivity contribution in [3.05, 3.63) is 35.4 Å². The van der Waals surface area contributed by atoms with Crippen molar-refractivity contribution >= 4 is 23.6 Å². The van der Waals surface area contributed by atoms with Crippen LogP contribution >= 0.6 is 0 Å². The number of nitrogens with zero attached hydrogens (tertiary/aromatic N) is 1. The van der Waals surface area contributed by atoms with Gasteiger partial charge < -0.3 is 21.1 Å². The zero-order valence-electron chi connectivity index (χ0n) is 15.0. The summed E-state index contributed by atoms with van der Waals surface area (Å²) in [6.45, 7) is 1.12. The van der Waals surface area contributed by atoms with E-state index in [1.807, 2.05) is 0 Å². The number of nitrogen functional groups attached to an aromatic ring is 1. The molecule has 5 N–H and O–H groups in total. The Kier molecular flexibility index (Phi) is 7.96. The van der Waals surface area contributed by atoms with Crippen molar-refractivity contribution in [2.24, 2.45) is 5.73 Å². The fourth-order valence-corrected chi connectivity index (χ4v) is 2.55. The zero-order valence-corrected chi connectivity index (χ0v) is 15.0. The van der Waals surface area contributed by atoms with E-state index in [9.17, 15) is 22.8 Å². The molecule has 0 radical (unpaired) electrons. The van der Waals surface area contributed by atoms with Crippen LogP contribution in [0.2, 0.25) is 0 Å². The number of alkyl halides is 3. The van der Waals surface area contributed by atoms with E-state index in [1.165, 1.54) is 0 Å². The van der Waals surface area contributed by atoms with Gasteiger partial charge in [-0.2, -0.15) is 13.2 Å². The zero-order chi connectivity index (χ0) is 21.5. The Morgan fingerprint density at radius 3 is 2.29 bits per heavy atom. The maximum atomic E-state index is 12.5. The molecule has 0 bridgehead atoms. The minimum absolute atomic E-state index is 0.0796. The molecule has 1 atom stereocenters. The summed E-state index contributed by atoms with van der Waals surface area (Å²) < 4.78 is 37.6. The number of rotatable bonds is 4. The number of benzene rings is 1. The lowest BCUT2D eigenvalue weighted by Gasteiger charge is -2.24. The van der Waals surface area contributed by atoms with Gasteiger partial charge in [0.25, 0.3) is 5.97 Å². The number of aliphatic carboxylic acids is 1. The van der Waals surface area contributed by atoms with Gasteiger partial charge in [0, 0.05) is 25.6 Å². The fraction of sp³-hybridized carbons (Fsp3) is 0.412. The third kappa shape index (κ3) is 6.89.